The molecule has 0 saturated carbocycles. The summed E-state index contributed by atoms with van der Waals surface area (Å²) in [6.07, 6.45) is 1.08. The number of cyclic esters (lactones) is 1. The molecule has 0 bridgehead atoms. The molecule has 2 aliphatic heterocycles. The van der Waals surface area contributed by atoms with Crippen LogP contribution in [0.25, 0.3) is 0 Å². The minimum atomic E-state index is -1.23. The van der Waals surface area contributed by atoms with Gasteiger partial charge in [-0.1, -0.05) is 24.3 Å². The van der Waals surface area contributed by atoms with Crippen LogP contribution in [0.1, 0.15) is 37.8 Å². The van der Waals surface area contributed by atoms with Crippen LogP contribution in [0.5, 0.6) is 0 Å². The van der Waals surface area contributed by atoms with Gasteiger partial charge in [0, 0.05) is 19.7 Å². The topological polar surface area (TPSA) is 76.2 Å². The Morgan fingerprint density at radius 2 is 2.04 bits per heavy atom. The molecule has 27 heavy (non-hydrogen) atoms. The molecule has 146 valence electrons. The van der Waals surface area contributed by atoms with Crippen molar-refractivity contribution in [2.45, 2.75) is 51.9 Å². The second-order valence-corrected chi connectivity index (χ2v) is 7.61. The van der Waals surface area contributed by atoms with Gasteiger partial charge in [0.2, 0.25) is 5.91 Å². The highest BCUT2D eigenvalue weighted by molar-refractivity contribution is 6.04. The maximum Gasteiger partial charge on any atom is 0.418 e. The van der Waals surface area contributed by atoms with Gasteiger partial charge in [-0.05, 0) is 44.7 Å². The Hall–Kier alpha value is -2.41. The van der Waals surface area contributed by atoms with Gasteiger partial charge in [0.05, 0.1) is 6.10 Å². The summed E-state index contributed by atoms with van der Waals surface area (Å²) in [7, 11) is 0. The summed E-state index contributed by atoms with van der Waals surface area (Å²) >= 11 is 0. The first-order chi connectivity index (χ1) is 12.8. The molecular weight excluding hydrogens is 348 g/mol. The Morgan fingerprint density at radius 1 is 1.30 bits per heavy atom. The van der Waals surface area contributed by atoms with Gasteiger partial charge < -0.3 is 14.4 Å². The quantitative estimate of drug-likeness (QED) is 0.763. The first kappa shape index (κ1) is 19.4. The number of ether oxygens (including phenoxy) is 2. The predicted molar refractivity (Wildman–Crippen MR) is 97.8 cm³/mol. The maximum atomic E-state index is 13.0. The van der Waals surface area contributed by atoms with E-state index in [0.717, 1.165) is 28.9 Å². The minimum absolute atomic E-state index is 0.0179. The number of rotatable bonds is 6. The Labute approximate surface area is 159 Å². The summed E-state index contributed by atoms with van der Waals surface area (Å²) in [6.45, 7) is 6.26. The van der Waals surface area contributed by atoms with Crippen LogP contribution in [0.2, 0.25) is 0 Å². The zero-order chi connectivity index (χ0) is 19.6. The SMILES string of the molecule is Cc1ccccc1CN(C[C@H]1CCCO1)C(=O)CN1C(=O)OC(C)(C)C1=O. The summed E-state index contributed by atoms with van der Waals surface area (Å²) in [5.74, 6) is -0.787. The largest absolute Gasteiger partial charge is 0.433 e. The molecule has 0 aliphatic carbocycles. The molecule has 1 aromatic rings. The zero-order valence-electron chi connectivity index (χ0n) is 16.1. The molecule has 1 aromatic carbocycles. The van der Waals surface area contributed by atoms with E-state index in [9.17, 15) is 14.4 Å². The molecule has 0 radical (unpaired) electrons. The van der Waals surface area contributed by atoms with Gasteiger partial charge in [0.15, 0.2) is 5.60 Å². The number of hydrogen-bond donors (Lipinski definition) is 0. The molecule has 7 heteroatoms. The highest BCUT2D eigenvalue weighted by atomic mass is 16.6. The number of carbonyl (C=O) groups excluding carboxylic acids is 3. The third kappa shape index (κ3) is 4.30. The Morgan fingerprint density at radius 3 is 2.63 bits per heavy atom. The highest BCUT2D eigenvalue weighted by Gasteiger charge is 2.48. The molecule has 3 amide bonds. The lowest BCUT2D eigenvalue weighted by Crippen LogP contribution is -2.46. The number of aryl methyl sites for hydroxylation is 1. The lowest BCUT2D eigenvalue weighted by atomic mass is 10.1. The number of amides is 3. The maximum absolute atomic E-state index is 13.0. The van der Waals surface area contributed by atoms with E-state index in [4.69, 9.17) is 9.47 Å². The molecule has 0 spiro atoms. The second kappa shape index (κ2) is 7.68. The molecule has 2 heterocycles. The molecule has 1 atom stereocenters. The van der Waals surface area contributed by atoms with Crippen LogP contribution in [0.3, 0.4) is 0 Å². The summed E-state index contributed by atoms with van der Waals surface area (Å²) < 4.78 is 10.7. The van der Waals surface area contributed by atoms with Gasteiger partial charge in [-0.3, -0.25) is 9.59 Å². The van der Waals surface area contributed by atoms with Crippen LogP contribution in [-0.4, -0.2) is 59.1 Å². The van der Waals surface area contributed by atoms with E-state index in [0.29, 0.717) is 19.7 Å². The first-order valence-corrected chi connectivity index (χ1v) is 9.27. The standard InChI is InChI=1S/C20H26N2O5/c1-14-7-4-5-8-15(14)11-21(12-16-9-6-10-26-16)17(23)13-22-18(24)20(2,3)27-19(22)25/h4-5,7-8,16H,6,9-13H2,1-3H3/t16-/m1/s1. The van der Waals surface area contributed by atoms with Crippen LogP contribution in [0, 0.1) is 6.92 Å². The molecule has 0 aromatic heterocycles. The van der Waals surface area contributed by atoms with E-state index in [1.54, 1.807) is 4.90 Å². The molecule has 0 unspecified atom stereocenters. The lowest BCUT2D eigenvalue weighted by Gasteiger charge is -2.27. The fourth-order valence-electron chi connectivity index (χ4n) is 3.38. The smallest absolute Gasteiger partial charge is 0.418 e. The Bertz CT molecular complexity index is 740. The van der Waals surface area contributed by atoms with Crippen molar-refractivity contribution < 1.29 is 23.9 Å². The number of carbonyl (C=O) groups is 3. The zero-order valence-corrected chi connectivity index (χ0v) is 16.1. The summed E-state index contributed by atoms with van der Waals surface area (Å²) in [5.41, 5.74) is 0.882. The third-order valence-corrected chi connectivity index (χ3v) is 5.04. The minimum Gasteiger partial charge on any atom is -0.433 e. The first-order valence-electron chi connectivity index (χ1n) is 9.27. The number of nitrogens with zero attached hydrogens (tertiary/aromatic N) is 2. The van der Waals surface area contributed by atoms with Crippen molar-refractivity contribution in [3.63, 3.8) is 0 Å². The van der Waals surface area contributed by atoms with Crippen LogP contribution in [-0.2, 0) is 25.6 Å². The second-order valence-electron chi connectivity index (χ2n) is 7.61. The highest BCUT2D eigenvalue weighted by Crippen LogP contribution is 2.24. The van der Waals surface area contributed by atoms with Crippen LogP contribution in [0.15, 0.2) is 24.3 Å². The lowest BCUT2D eigenvalue weighted by molar-refractivity contribution is -0.141. The van der Waals surface area contributed by atoms with Crippen molar-refractivity contribution in [3.8, 4) is 0 Å². The molecule has 3 rings (SSSR count). The fraction of sp³-hybridized carbons (Fsp3) is 0.550. The van der Waals surface area contributed by atoms with Crippen LogP contribution in [0.4, 0.5) is 4.79 Å². The van der Waals surface area contributed by atoms with Gasteiger partial charge >= 0.3 is 6.09 Å². The molecular formula is C20H26N2O5. The molecule has 7 nitrogen and oxygen atoms in total. The van der Waals surface area contributed by atoms with Crippen LogP contribution >= 0.6 is 0 Å². The average Bonchev–Trinajstić information content (AvgIpc) is 3.18. The van der Waals surface area contributed by atoms with Crippen molar-refractivity contribution in [3.05, 3.63) is 35.4 Å². The van der Waals surface area contributed by atoms with Crippen molar-refractivity contribution >= 4 is 17.9 Å². The Kier molecular flexibility index (Phi) is 5.51. The van der Waals surface area contributed by atoms with Crippen molar-refractivity contribution in [2.24, 2.45) is 0 Å². The Balaban J connectivity index is 1.75. The van der Waals surface area contributed by atoms with Crippen molar-refractivity contribution in [1.29, 1.82) is 0 Å². The summed E-state index contributed by atoms with van der Waals surface area (Å²) in [5, 5.41) is 0. The molecule has 2 saturated heterocycles. The van der Waals surface area contributed by atoms with Gasteiger partial charge in [-0.25, -0.2) is 9.69 Å². The number of imide groups is 1. The van der Waals surface area contributed by atoms with Crippen molar-refractivity contribution in [1.82, 2.24) is 9.80 Å². The number of benzene rings is 1. The monoisotopic (exact) mass is 374 g/mol. The van der Waals surface area contributed by atoms with E-state index < -0.39 is 17.6 Å². The fourth-order valence-corrected chi connectivity index (χ4v) is 3.38. The van der Waals surface area contributed by atoms with Gasteiger partial charge in [0.25, 0.3) is 5.91 Å². The average molecular weight is 374 g/mol. The van der Waals surface area contributed by atoms with Crippen molar-refractivity contribution in [2.75, 3.05) is 19.7 Å². The van der Waals surface area contributed by atoms with E-state index in [1.165, 1.54) is 13.8 Å². The third-order valence-electron chi connectivity index (χ3n) is 5.04. The number of hydrogen-bond acceptors (Lipinski definition) is 5. The normalized spacial score (nSPS) is 21.4. The van der Waals surface area contributed by atoms with E-state index in [1.807, 2.05) is 31.2 Å². The predicted octanol–water partition coefficient (Wildman–Crippen LogP) is 2.26. The van der Waals surface area contributed by atoms with E-state index >= 15 is 0 Å². The molecule has 2 fully saturated rings. The van der Waals surface area contributed by atoms with Gasteiger partial charge in [-0.2, -0.15) is 0 Å². The molecule has 0 N–H and O–H groups in total. The van der Waals surface area contributed by atoms with Gasteiger partial charge in [-0.15, -0.1) is 0 Å². The van der Waals surface area contributed by atoms with E-state index in [2.05, 4.69) is 0 Å². The van der Waals surface area contributed by atoms with E-state index in [-0.39, 0.29) is 18.6 Å². The summed E-state index contributed by atoms with van der Waals surface area (Å²) in [6, 6.07) is 7.85. The van der Waals surface area contributed by atoms with Crippen LogP contribution < -0.4 is 0 Å². The van der Waals surface area contributed by atoms with Gasteiger partial charge in [0.1, 0.15) is 6.54 Å². The summed E-state index contributed by atoms with van der Waals surface area (Å²) in [4.78, 5) is 39.9. The molecule has 2 aliphatic rings.